The SMILES string of the molecule is CCn1cnnc1CNC(=O)c1cc(Br)ccc1O. The lowest BCUT2D eigenvalue weighted by Gasteiger charge is -2.07. The number of rotatable bonds is 4. The quantitative estimate of drug-likeness (QED) is 0.897. The lowest BCUT2D eigenvalue weighted by molar-refractivity contribution is 0.0946. The van der Waals surface area contributed by atoms with Crippen LogP contribution in [0, 0.1) is 0 Å². The van der Waals surface area contributed by atoms with Gasteiger partial charge in [-0.2, -0.15) is 0 Å². The molecule has 2 aromatic rings. The average molecular weight is 325 g/mol. The second-order valence-corrected chi connectivity index (χ2v) is 4.79. The van der Waals surface area contributed by atoms with E-state index >= 15 is 0 Å². The molecule has 19 heavy (non-hydrogen) atoms. The Labute approximate surface area is 118 Å². The number of hydrogen-bond acceptors (Lipinski definition) is 4. The molecule has 0 bridgehead atoms. The minimum atomic E-state index is -0.357. The molecule has 2 N–H and O–H groups in total. The highest BCUT2D eigenvalue weighted by Gasteiger charge is 2.12. The molecule has 0 fully saturated rings. The summed E-state index contributed by atoms with van der Waals surface area (Å²) in [5.74, 6) is 0.257. The van der Waals surface area contributed by atoms with Gasteiger partial charge in [0.2, 0.25) is 0 Å². The standard InChI is InChI=1S/C12H13BrN4O2/c1-2-17-7-15-16-11(17)6-14-12(19)9-5-8(13)3-4-10(9)18/h3-5,7,18H,2,6H2,1H3,(H,14,19). The Morgan fingerprint density at radius 2 is 2.32 bits per heavy atom. The highest BCUT2D eigenvalue weighted by molar-refractivity contribution is 9.10. The average Bonchev–Trinajstić information content (AvgIpc) is 2.86. The predicted octanol–water partition coefficient (Wildman–Crippen LogP) is 1.70. The third-order valence-electron chi connectivity index (χ3n) is 2.65. The molecule has 0 unspecified atom stereocenters. The normalized spacial score (nSPS) is 10.4. The fourth-order valence-corrected chi connectivity index (χ4v) is 1.99. The van der Waals surface area contributed by atoms with Gasteiger partial charge in [0.25, 0.3) is 5.91 Å². The lowest BCUT2D eigenvalue weighted by atomic mass is 10.2. The predicted molar refractivity (Wildman–Crippen MR) is 72.7 cm³/mol. The van der Waals surface area contributed by atoms with Crippen molar-refractivity contribution in [1.82, 2.24) is 20.1 Å². The van der Waals surface area contributed by atoms with Gasteiger partial charge in [-0.15, -0.1) is 10.2 Å². The van der Waals surface area contributed by atoms with Gasteiger partial charge in [0, 0.05) is 11.0 Å². The Bertz CT molecular complexity index is 597. The van der Waals surface area contributed by atoms with E-state index < -0.39 is 0 Å². The van der Waals surface area contributed by atoms with Crippen molar-refractivity contribution in [1.29, 1.82) is 0 Å². The van der Waals surface area contributed by atoms with E-state index in [1.54, 1.807) is 18.5 Å². The number of phenols is 1. The summed E-state index contributed by atoms with van der Waals surface area (Å²) in [5, 5.41) is 20.0. The number of carbonyl (C=O) groups excluding carboxylic acids is 1. The number of hydrogen-bond donors (Lipinski definition) is 2. The minimum Gasteiger partial charge on any atom is -0.507 e. The maximum absolute atomic E-state index is 12.0. The second kappa shape index (κ2) is 5.83. The Kier molecular flexibility index (Phi) is 4.16. The number of phenolic OH excluding ortho intramolecular Hbond substituents is 1. The highest BCUT2D eigenvalue weighted by Crippen LogP contribution is 2.21. The Morgan fingerprint density at radius 1 is 1.53 bits per heavy atom. The van der Waals surface area contributed by atoms with Crippen molar-refractivity contribution in [3.05, 3.63) is 40.4 Å². The van der Waals surface area contributed by atoms with Crippen LogP contribution in [0.25, 0.3) is 0 Å². The molecule has 0 spiro atoms. The van der Waals surface area contributed by atoms with Gasteiger partial charge in [-0.25, -0.2) is 0 Å². The molecule has 100 valence electrons. The van der Waals surface area contributed by atoms with Crippen LogP contribution in [0.2, 0.25) is 0 Å². The molecule has 0 aliphatic rings. The molecule has 0 atom stereocenters. The molecule has 0 saturated carbocycles. The molecule has 0 aliphatic carbocycles. The van der Waals surface area contributed by atoms with E-state index in [2.05, 4.69) is 31.4 Å². The van der Waals surface area contributed by atoms with Crippen molar-refractivity contribution in [2.45, 2.75) is 20.0 Å². The summed E-state index contributed by atoms with van der Waals surface area (Å²) in [6, 6.07) is 4.70. The summed E-state index contributed by atoms with van der Waals surface area (Å²) in [4.78, 5) is 12.0. The summed E-state index contributed by atoms with van der Waals surface area (Å²) in [7, 11) is 0. The molecule has 0 saturated heterocycles. The van der Waals surface area contributed by atoms with Crippen LogP contribution in [0.4, 0.5) is 0 Å². The van der Waals surface area contributed by atoms with Gasteiger partial charge in [0.15, 0.2) is 5.82 Å². The summed E-state index contributed by atoms with van der Waals surface area (Å²) in [6.45, 7) is 2.97. The number of amides is 1. The monoisotopic (exact) mass is 324 g/mol. The number of nitrogens with zero attached hydrogens (tertiary/aromatic N) is 3. The molecule has 0 aliphatic heterocycles. The van der Waals surface area contributed by atoms with Gasteiger partial charge in [-0.1, -0.05) is 15.9 Å². The molecule has 1 heterocycles. The van der Waals surface area contributed by atoms with Crippen molar-refractivity contribution in [3.63, 3.8) is 0 Å². The number of benzene rings is 1. The van der Waals surface area contributed by atoms with E-state index in [4.69, 9.17) is 0 Å². The zero-order chi connectivity index (χ0) is 13.8. The van der Waals surface area contributed by atoms with E-state index in [9.17, 15) is 9.90 Å². The molecule has 1 aromatic heterocycles. The number of halogens is 1. The molecule has 0 radical (unpaired) electrons. The molecule has 2 rings (SSSR count). The number of aromatic hydroxyl groups is 1. The first-order chi connectivity index (χ1) is 9.11. The van der Waals surface area contributed by atoms with Gasteiger partial charge in [-0.05, 0) is 25.1 Å². The second-order valence-electron chi connectivity index (χ2n) is 3.88. The number of carbonyl (C=O) groups is 1. The van der Waals surface area contributed by atoms with Gasteiger partial charge in [0.05, 0.1) is 12.1 Å². The number of aryl methyl sites for hydroxylation is 1. The van der Waals surface area contributed by atoms with Gasteiger partial charge < -0.3 is 15.0 Å². The lowest BCUT2D eigenvalue weighted by Crippen LogP contribution is -2.24. The third-order valence-corrected chi connectivity index (χ3v) is 3.14. The first-order valence-electron chi connectivity index (χ1n) is 5.75. The maximum Gasteiger partial charge on any atom is 0.255 e. The zero-order valence-corrected chi connectivity index (χ0v) is 11.9. The van der Waals surface area contributed by atoms with Crippen LogP contribution >= 0.6 is 15.9 Å². The molecule has 1 aromatic carbocycles. The topological polar surface area (TPSA) is 80.0 Å². The van der Waals surface area contributed by atoms with E-state index in [0.717, 1.165) is 11.0 Å². The van der Waals surface area contributed by atoms with Gasteiger partial charge in [-0.3, -0.25) is 4.79 Å². The van der Waals surface area contributed by atoms with Gasteiger partial charge in [0.1, 0.15) is 12.1 Å². The van der Waals surface area contributed by atoms with Crippen molar-refractivity contribution in [3.8, 4) is 5.75 Å². The minimum absolute atomic E-state index is 0.0577. The van der Waals surface area contributed by atoms with E-state index in [-0.39, 0.29) is 23.8 Å². The fraction of sp³-hybridized carbons (Fsp3) is 0.250. The van der Waals surface area contributed by atoms with Crippen molar-refractivity contribution in [2.75, 3.05) is 0 Å². The Balaban J connectivity index is 2.07. The van der Waals surface area contributed by atoms with Crippen molar-refractivity contribution in [2.24, 2.45) is 0 Å². The Hall–Kier alpha value is -1.89. The van der Waals surface area contributed by atoms with E-state index in [1.165, 1.54) is 6.07 Å². The molecular weight excluding hydrogens is 312 g/mol. The van der Waals surface area contributed by atoms with Crippen LogP contribution < -0.4 is 5.32 Å². The fourth-order valence-electron chi connectivity index (χ4n) is 1.62. The largest absolute Gasteiger partial charge is 0.507 e. The van der Waals surface area contributed by atoms with Crippen molar-refractivity contribution >= 4 is 21.8 Å². The number of aromatic nitrogens is 3. The molecule has 6 nitrogen and oxygen atoms in total. The van der Waals surface area contributed by atoms with Crippen LogP contribution in [0.1, 0.15) is 23.1 Å². The van der Waals surface area contributed by atoms with E-state index in [0.29, 0.717) is 5.82 Å². The zero-order valence-electron chi connectivity index (χ0n) is 10.3. The van der Waals surface area contributed by atoms with Crippen molar-refractivity contribution < 1.29 is 9.90 Å². The molecular formula is C12H13BrN4O2. The smallest absolute Gasteiger partial charge is 0.255 e. The summed E-state index contributed by atoms with van der Waals surface area (Å²) in [5.41, 5.74) is 0.219. The van der Waals surface area contributed by atoms with Crippen LogP contribution in [-0.2, 0) is 13.1 Å². The van der Waals surface area contributed by atoms with E-state index in [1.807, 2.05) is 11.5 Å². The third kappa shape index (κ3) is 3.11. The molecule has 1 amide bonds. The number of nitrogens with one attached hydrogen (secondary N) is 1. The Morgan fingerprint density at radius 3 is 3.05 bits per heavy atom. The highest BCUT2D eigenvalue weighted by atomic mass is 79.9. The van der Waals surface area contributed by atoms with Crippen LogP contribution in [0.15, 0.2) is 29.0 Å². The first-order valence-corrected chi connectivity index (χ1v) is 6.54. The van der Waals surface area contributed by atoms with Crippen LogP contribution in [0.3, 0.4) is 0 Å². The summed E-state index contributed by atoms with van der Waals surface area (Å²) in [6.07, 6.45) is 1.61. The van der Waals surface area contributed by atoms with Gasteiger partial charge >= 0.3 is 0 Å². The first kappa shape index (κ1) is 13.5. The molecule has 7 heteroatoms. The van der Waals surface area contributed by atoms with Crippen LogP contribution in [-0.4, -0.2) is 25.8 Å². The summed E-state index contributed by atoms with van der Waals surface area (Å²) >= 11 is 3.26. The van der Waals surface area contributed by atoms with Crippen LogP contribution in [0.5, 0.6) is 5.75 Å². The maximum atomic E-state index is 12.0. The summed E-state index contributed by atoms with van der Waals surface area (Å²) < 4.78 is 2.56.